The molecule has 0 bridgehead atoms. The average Bonchev–Trinajstić information content (AvgIpc) is 2.39. The van der Waals surface area contributed by atoms with Gasteiger partial charge >= 0.3 is 5.97 Å². The van der Waals surface area contributed by atoms with Crippen LogP contribution >= 0.6 is 0 Å². The number of hydrogen-bond acceptors (Lipinski definition) is 3. The van der Waals surface area contributed by atoms with Crippen LogP contribution < -0.4 is 0 Å². The van der Waals surface area contributed by atoms with Gasteiger partial charge in [0.2, 0.25) is 0 Å². The molecule has 0 amide bonds. The number of carbonyl (C=O) groups excluding carboxylic acids is 1. The third-order valence-corrected chi connectivity index (χ3v) is 4.13. The average molecular weight is 257 g/mol. The Morgan fingerprint density at radius 3 is 2.89 bits per heavy atom. The third-order valence-electron chi connectivity index (χ3n) is 4.13. The second-order valence-electron chi connectivity index (χ2n) is 5.86. The summed E-state index contributed by atoms with van der Waals surface area (Å²) in [5, 5.41) is 0. The lowest BCUT2D eigenvalue weighted by molar-refractivity contribution is -0.0253. The normalized spacial score (nSPS) is 25.5. The molecule has 3 heteroatoms. The van der Waals surface area contributed by atoms with Crippen molar-refractivity contribution in [3.05, 3.63) is 34.9 Å². The predicted octanol–water partition coefficient (Wildman–Crippen LogP) is 3.13. The number of carbonyl (C=O) groups is 1. The van der Waals surface area contributed by atoms with E-state index >= 15 is 0 Å². The van der Waals surface area contributed by atoms with Gasteiger partial charge in [-0.3, -0.25) is 4.99 Å². The van der Waals surface area contributed by atoms with Crippen LogP contribution in [0.1, 0.15) is 54.1 Å². The summed E-state index contributed by atoms with van der Waals surface area (Å²) in [4.78, 5) is 16.5. The minimum absolute atomic E-state index is 0.168. The van der Waals surface area contributed by atoms with Crippen LogP contribution in [-0.2, 0) is 11.2 Å². The number of rotatable bonds is 1. The van der Waals surface area contributed by atoms with Gasteiger partial charge in [0.25, 0.3) is 0 Å². The quantitative estimate of drug-likeness (QED) is 0.725. The van der Waals surface area contributed by atoms with Crippen molar-refractivity contribution in [3.63, 3.8) is 0 Å². The largest absolute Gasteiger partial charge is 0.455 e. The third kappa shape index (κ3) is 2.18. The SMILES string of the molecule is CC(C)c1ccc2c(c1)C(=O)OC1(CC=NCC1)C2. The zero-order chi connectivity index (χ0) is 13.5. The summed E-state index contributed by atoms with van der Waals surface area (Å²) in [7, 11) is 0. The van der Waals surface area contributed by atoms with E-state index < -0.39 is 0 Å². The van der Waals surface area contributed by atoms with E-state index in [0.717, 1.165) is 36.9 Å². The molecule has 2 aliphatic rings. The summed E-state index contributed by atoms with van der Waals surface area (Å²) in [6.45, 7) is 5.02. The number of hydrogen-bond donors (Lipinski definition) is 0. The Balaban J connectivity index is 1.97. The monoisotopic (exact) mass is 257 g/mol. The topological polar surface area (TPSA) is 38.7 Å². The molecule has 3 rings (SSSR count). The molecule has 2 aliphatic heterocycles. The lowest BCUT2D eigenvalue weighted by Crippen LogP contribution is -2.44. The van der Waals surface area contributed by atoms with Gasteiger partial charge in [0.05, 0.1) is 5.56 Å². The number of ether oxygens (including phenoxy) is 1. The number of nitrogens with zero attached hydrogens (tertiary/aromatic N) is 1. The van der Waals surface area contributed by atoms with Gasteiger partial charge in [0.15, 0.2) is 0 Å². The van der Waals surface area contributed by atoms with Crippen LogP contribution in [0, 0.1) is 0 Å². The molecule has 0 saturated carbocycles. The fourth-order valence-corrected chi connectivity index (χ4v) is 2.88. The highest BCUT2D eigenvalue weighted by Gasteiger charge is 2.40. The molecule has 0 fully saturated rings. The van der Waals surface area contributed by atoms with Crippen molar-refractivity contribution in [1.82, 2.24) is 0 Å². The standard InChI is InChI=1S/C16H19NO2/c1-11(2)12-3-4-13-10-16(5-7-17-8-6-16)19-15(18)14(13)9-12/h3-4,7,9,11H,5-6,8,10H2,1-2H3. The molecule has 1 spiro atoms. The molecule has 1 unspecified atom stereocenters. The van der Waals surface area contributed by atoms with Crippen molar-refractivity contribution in [2.24, 2.45) is 4.99 Å². The van der Waals surface area contributed by atoms with Gasteiger partial charge in [-0.15, -0.1) is 0 Å². The highest BCUT2D eigenvalue weighted by molar-refractivity contribution is 5.93. The van der Waals surface area contributed by atoms with Crippen molar-refractivity contribution in [2.75, 3.05) is 6.54 Å². The minimum Gasteiger partial charge on any atom is -0.455 e. The van der Waals surface area contributed by atoms with Gasteiger partial charge in [-0.2, -0.15) is 0 Å². The molecule has 0 N–H and O–H groups in total. The van der Waals surface area contributed by atoms with E-state index in [1.165, 1.54) is 5.56 Å². The molecule has 0 radical (unpaired) electrons. The number of esters is 1. The summed E-state index contributed by atoms with van der Waals surface area (Å²) in [5.41, 5.74) is 2.72. The van der Waals surface area contributed by atoms with E-state index in [1.54, 1.807) is 0 Å². The summed E-state index contributed by atoms with van der Waals surface area (Å²) < 4.78 is 5.75. The molecule has 1 aromatic carbocycles. The Labute approximate surface area is 113 Å². The van der Waals surface area contributed by atoms with Crippen LogP contribution in [0.5, 0.6) is 0 Å². The minimum atomic E-state index is -0.342. The highest BCUT2D eigenvalue weighted by atomic mass is 16.6. The molecular weight excluding hydrogens is 238 g/mol. The Morgan fingerprint density at radius 1 is 1.37 bits per heavy atom. The van der Waals surface area contributed by atoms with Gasteiger partial charge in [-0.05, 0) is 23.1 Å². The van der Waals surface area contributed by atoms with E-state index in [9.17, 15) is 4.79 Å². The lowest BCUT2D eigenvalue weighted by Gasteiger charge is -2.38. The van der Waals surface area contributed by atoms with Gasteiger partial charge < -0.3 is 4.74 Å². The van der Waals surface area contributed by atoms with Crippen molar-refractivity contribution < 1.29 is 9.53 Å². The zero-order valence-electron chi connectivity index (χ0n) is 11.5. The first-order valence-electron chi connectivity index (χ1n) is 6.94. The maximum absolute atomic E-state index is 12.3. The summed E-state index contributed by atoms with van der Waals surface area (Å²) in [6.07, 6.45) is 4.29. The van der Waals surface area contributed by atoms with Gasteiger partial charge in [-0.1, -0.05) is 26.0 Å². The van der Waals surface area contributed by atoms with Gasteiger partial charge in [0.1, 0.15) is 5.60 Å². The van der Waals surface area contributed by atoms with E-state index in [2.05, 4.69) is 31.0 Å². The molecule has 0 aromatic heterocycles. The molecular formula is C16H19NO2. The van der Waals surface area contributed by atoms with Crippen LogP contribution in [0.15, 0.2) is 23.2 Å². The van der Waals surface area contributed by atoms with Crippen molar-refractivity contribution >= 4 is 12.2 Å². The smallest absolute Gasteiger partial charge is 0.338 e. The predicted molar refractivity (Wildman–Crippen MR) is 75.0 cm³/mol. The van der Waals surface area contributed by atoms with Crippen LogP contribution in [-0.4, -0.2) is 24.3 Å². The summed E-state index contributed by atoms with van der Waals surface area (Å²) >= 11 is 0. The molecule has 1 aromatic rings. The second-order valence-corrected chi connectivity index (χ2v) is 5.86. The van der Waals surface area contributed by atoms with Gasteiger partial charge in [0, 0.05) is 32.0 Å². The number of benzene rings is 1. The van der Waals surface area contributed by atoms with Crippen LogP contribution in [0.3, 0.4) is 0 Å². The molecule has 100 valence electrons. The lowest BCUT2D eigenvalue weighted by atomic mass is 9.82. The molecule has 3 nitrogen and oxygen atoms in total. The Hall–Kier alpha value is -1.64. The summed E-state index contributed by atoms with van der Waals surface area (Å²) in [5.74, 6) is 0.259. The fourth-order valence-electron chi connectivity index (χ4n) is 2.88. The molecule has 19 heavy (non-hydrogen) atoms. The Kier molecular flexibility index (Phi) is 2.92. The molecule has 2 heterocycles. The Bertz CT molecular complexity index is 548. The van der Waals surface area contributed by atoms with E-state index in [-0.39, 0.29) is 11.6 Å². The maximum atomic E-state index is 12.3. The van der Waals surface area contributed by atoms with Crippen LogP contribution in [0.25, 0.3) is 0 Å². The zero-order valence-corrected chi connectivity index (χ0v) is 11.5. The molecule has 0 saturated heterocycles. The number of fused-ring (bicyclic) bond motifs is 1. The van der Waals surface area contributed by atoms with Crippen molar-refractivity contribution in [2.45, 2.75) is 44.6 Å². The first-order valence-corrected chi connectivity index (χ1v) is 6.94. The number of aliphatic imine (C=N–C) groups is 1. The Morgan fingerprint density at radius 2 is 2.21 bits per heavy atom. The van der Waals surface area contributed by atoms with Crippen LogP contribution in [0.4, 0.5) is 0 Å². The first kappa shape index (κ1) is 12.4. The second kappa shape index (κ2) is 4.48. The fraction of sp³-hybridized carbons (Fsp3) is 0.500. The van der Waals surface area contributed by atoms with Gasteiger partial charge in [-0.25, -0.2) is 4.79 Å². The molecule has 0 aliphatic carbocycles. The van der Waals surface area contributed by atoms with E-state index in [1.807, 2.05) is 12.3 Å². The van der Waals surface area contributed by atoms with Crippen molar-refractivity contribution in [3.8, 4) is 0 Å². The molecule has 1 atom stereocenters. The van der Waals surface area contributed by atoms with Crippen LogP contribution in [0.2, 0.25) is 0 Å². The first-order chi connectivity index (χ1) is 9.10. The maximum Gasteiger partial charge on any atom is 0.338 e. The highest BCUT2D eigenvalue weighted by Crippen LogP contribution is 2.35. The van der Waals surface area contributed by atoms with E-state index in [0.29, 0.717) is 5.92 Å². The van der Waals surface area contributed by atoms with E-state index in [4.69, 9.17) is 4.74 Å². The summed E-state index contributed by atoms with van der Waals surface area (Å²) in [6, 6.07) is 6.22. The van der Waals surface area contributed by atoms with Crippen molar-refractivity contribution in [1.29, 1.82) is 0 Å².